The molecule has 1 atom stereocenters. The highest BCUT2D eigenvalue weighted by atomic mass is 19.4. The van der Waals surface area contributed by atoms with Gasteiger partial charge in [0.1, 0.15) is 5.84 Å². The summed E-state index contributed by atoms with van der Waals surface area (Å²) < 4.78 is 42.3. The van der Waals surface area contributed by atoms with Crippen molar-refractivity contribution in [1.29, 1.82) is 0 Å². The highest BCUT2D eigenvalue weighted by molar-refractivity contribution is 6.05. The van der Waals surface area contributed by atoms with Crippen LogP contribution in [-0.4, -0.2) is 67.1 Å². The largest absolute Gasteiger partial charge is 0.473 e. The number of carbonyl (C=O) groups excluding carboxylic acids is 3. The molecule has 0 saturated carbocycles. The van der Waals surface area contributed by atoms with Crippen molar-refractivity contribution in [3.8, 4) is 0 Å². The lowest BCUT2D eigenvalue weighted by Crippen LogP contribution is -2.51. The summed E-state index contributed by atoms with van der Waals surface area (Å²) in [5.74, 6) is -2.95. The summed E-state index contributed by atoms with van der Waals surface area (Å²) in [5.41, 5.74) is 6.00. The SMILES string of the molecule is NC(=NC(=O)C(F)(F)F)c1ccc(NC(=O)N2CCCCC2CNC(=O)C2CCOCC2)cc1. The first-order valence-corrected chi connectivity index (χ1v) is 11.1. The zero-order valence-electron chi connectivity index (χ0n) is 18.6. The number of hydrogen-bond acceptors (Lipinski definition) is 4. The number of aliphatic imine (C=N–C) groups is 1. The summed E-state index contributed by atoms with van der Waals surface area (Å²) in [4.78, 5) is 40.8. The molecule has 2 aliphatic heterocycles. The number of nitrogens with one attached hydrogen (secondary N) is 2. The lowest BCUT2D eigenvalue weighted by molar-refractivity contribution is -0.169. The second-order valence-electron chi connectivity index (χ2n) is 8.28. The first-order chi connectivity index (χ1) is 16.1. The van der Waals surface area contributed by atoms with Gasteiger partial charge in [-0.25, -0.2) is 4.79 Å². The van der Waals surface area contributed by atoms with Crippen molar-refractivity contribution in [2.75, 3.05) is 31.6 Å². The Balaban J connectivity index is 1.57. The van der Waals surface area contributed by atoms with Crippen LogP contribution < -0.4 is 16.4 Å². The minimum Gasteiger partial charge on any atom is -0.383 e. The van der Waals surface area contributed by atoms with E-state index in [4.69, 9.17) is 10.5 Å². The zero-order chi connectivity index (χ0) is 24.7. The third-order valence-electron chi connectivity index (χ3n) is 5.89. The summed E-state index contributed by atoms with van der Waals surface area (Å²) in [6.07, 6.45) is -1.16. The van der Waals surface area contributed by atoms with Gasteiger partial charge in [-0.1, -0.05) is 0 Å². The highest BCUT2D eigenvalue weighted by Crippen LogP contribution is 2.20. The molecular weight excluding hydrogens is 455 g/mol. The molecule has 0 aromatic heterocycles. The van der Waals surface area contributed by atoms with Crippen molar-refractivity contribution >= 4 is 29.4 Å². The number of halogens is 3. The van der Waals surface area contributed by atoms with E-state index in [2.05, 4.69) is 15.6 Å². The predicted molar refractivity (Wildman–Crippen MR) is 118 cm³/mol. The van der Waals surface area contributed by atoms with Crippen LogP contribution in [0.5, 0.6) is 0 Å². The van der Waals surface area contributed by atoms with Crippen LogP contribution in [0.1, 0.15) is 37.7 Å². The summed E-state index contributed by atoms with van der Waals surface area (Å²) in [6.45, 7) is 2.06. The van der Waals surface area contributed by atoms with Crippen LogP contribution in [0.3, 0.4) is 0 Å². The maximum atomic E-state index is 12.9. The first-order valence-electron chi connectivity index (χ1n) is 11.1. The van der Waals surface area contributed by atoms with E-state index in [1.165, 1.54) is 24.3 Å². The maximum Gasteiger partial charge on any atom is 0.473 e. The number of anilines is 1. The molecule has 3 rings (SSSR count). The van der Waals surface area contributed by atoms with Crippen LogP contribution in [0.15, 0.2) is 29.3 Å². The molecule has 0 aliphatic carbocycles. The minimum absolute atomic E-state index is 0.0203. The summed E-state index contributed by atoms with van der Waals surface area (Å²) in [7, 11) is 0. The Hall–Kier alpha value is -3.15. The first kappa shape index (κ1) is 25.5. The van der Waals surface area contributed by atoms with Crippen LogP contribution in [-0.2, 0) is 14.3 Å². The van der Waals surface area contributed by atoms with E-state index in [1.54, 1.807) is 4.90 Å². The van der Waals surface area contributed by atoms with Gasteiger partial charge in [-0.15, -0.1) is 0 Å². The Morgan fingerprint density at radius 3 is 2.41 bits per heavy atom. The number of piperidine rings is 1. The quantitative estimate of drug-likeness (QED) is 0.438. The van der Waals surface area contributed by atoms with Crippen molar-refractivity contribution in [3.05, 3.63) is 29.8 Å². The topological polar surface area (TPSA) is 126 Å². The lowest BCUT2D eigenvalue weighted by Gasteiger charge is -2.36. The van der Waals surface area contributed by atoms with Gasteiger partial charge < -0.3 is 26.0 Å². The standard InChI is InChI=1S/C22H28F3N5O4/c23-22(24,25)20(32)29-18(26)14-4-6-16(7-5-14)28-21(33)30-10-2-1-3-17(30)13-27-19(31)15-8-11-34-12-9-15/h4-7,15,17H,1-3,8-13H2,(H,27,31)(H,28,33)(H2,26,29,32). The van der Waals surface area contributed by atoms with Crippen LogP contribution in [0.25, 0.3) is 0 Å². The predicted octanol–water partition coefficient (Wildman–Crippen LogP) is 2.41. The number of hydrogen-bond donors (Lipinski definition) is 3. The second-order valence-corrected chi connectivity index (χ2v) is 8.28. The van der Waals surface area contributed by atoms with Crippen LogP contribution in [0.4, 0.5) is 23.7 Å². The Labute approximate surface area is 194 Å². The maximum absolute atomic E-state index is 12.9. The third kappa shape index (κ3) is 6.92. The molecule has 0 bridgehead atoms. The van der Waals surface area contributed by atoms with Crippen molar-refractivity contribution in [2.24, 2.45) is 16.6 Å². The number of amides is 4. The van der Waals surface area contributed by atoms with Crippen molar-refractivity contribution in [3.63, 3.8) is 0 Å². The van der Waals surface area contributed by atoms with Gasteiger partial charge in [0.05, 0.1) is 6.04 Å². The summed E-state index contributed by atoms with van der Waals surface area (Å²) in [6, 6.07) is 5.15. The molecule has 2 fully saturated rings. The molecule has 1 unspecified atom stereocenters. The van der Waals surface area contributed by atoms with Crippen LogP contribution >= 0.6 is 0 Å². The molecule has 34 heavy (non-hydrogen) atoms. The molecule has 1 aromatic carbocycles. The molecule has 0 radical (unpaired) electrons. The fraction of sp³-hybridized carbons (Fsp3) is 0.545. The monoisotopic (exact) mass is 483 g/mol. The van der Waals surface area contributed by atoms with Crippen molar-refractivity contribution in [1.82, 2.24) is 10.2 Å². The molecule has 9 nitrogen and oxygen atoms in total. The number of ether oxygens (including phenoxy) is 1. The number of amidine groups is 1. The number of nitrogens with two attached hydrogens (primary N) is 1. The summed E-state index contributed by atoms with van der Waals surface area (Å²) in [5, 5.41) is 5.72. The average Bonchev–Trinajstić information content (AvgIpc) is 2.83. The fourth-order valence-corrected chi connectivity index (χ4v) is 3.96. The van der Waals surface area contributed by atoms with Gasteiger partial charge in [-0.2, -0.15) is 18.2 Å². The van der Waals surface area contributed by atoms with Gasteiger partial charge in [-0.3, -0.25) is 9.59 Å². The fourth-order valence-electron chi connectivity index (χ4n) is 3.96. The number of carbonyl (C=O) groups is 3. The zero-order valence-corrected chi connectivity index (χ0v) is 18.6. The van der Waals surface area contributed by atoms with Gasteiger partial charge in [0.25, 0.3) is 0 Å². The Morgan fingerprint density at radius 1 is 1.09 bits per heavy atom. The number of rotatable bonds is 5. The van der Waals surface area contributed by atoms with E-state index in [-0.39, 0.29) is 29.5 Å². The van der Waals surface area contributed by atoms with E-state index in [0.717, 1.165) is 19.3 Å². The molecule has 2 heterocycles. The second kappa shape index (κ2) is 11.3. The van der Waals surface area contributed by atoms with Gasteiger partial charge in [-0.05, 0) is 56.4 Å². The number of nitrogens with zero attached hydrogens (tertiary/aromatic N) is 2. The van der Waals surface area contributed by atoms with Crippen molar-refractivity contribution in [2.45, 2.75) is 44.3 Å². The number of alkyl halides is 3. The molecule has 186 valence electrons. The van der Waals surface area contributed by atoms with E-state index in [0.29, 0.717) is 44.8 Å². The van der Waals surface area contributed by atoms with Crippen molar-refractivity contribution < 1.29 is 32.3 Å². The number of likely N-dealkylation sites (tertiary alicyclic amines) is 1. The van der Waals surface area contributed by atoms with Crippen LogP contribution in [0.2, 0.25) is 0 Å². The van der Waals surface area contributed by atoms with Gasteiger partial charge >= 0.3 is 18.1 Å². The molecule has 4 amide bonds. The Morgan fingerprint density at radius 2 is 1.76 bits per heavy atom. The highest BCUT2D eigenvalue weighted by Gasteiger charge is 2.38. The minimum atomic E-state index is -5.10. The molecule has 2 saturated heterocycles. The van der Waals surface area contributed by atoms with Gasteiger partial charge in [0.15, 0.2) is 0 Å². The Bertz CT molecular complexity index is 914. The van der Waals surface area contributed by atoms with Gasteiger partial charge in [0.2, 0.25) is 5.91 Å². The number of urea groups is 1. The third-order valence-corrected chi connectivity index (χ3v) is 5.89. The van der Waals surface area contributed by atoms with Gasteiger partial charge in [0, 0.05) is 43.5 Å². The van der Waals surface area contributed by atoms with Crippen LogP contribution in [0, 0.1) is 5.92 Å². The molecule has 2 aliphatic rings. The molecule has 1 aromatic rings. The average molecular weight is 483 g/mol. The molecule has 12 heteroatoms. The smallest absolute Gasteiger partial charge is 0.383 e. The molecular formula is C22H28F3N5O4. The molecule has 0 spiro atoms. The normalized spacial score (nSPS) is 20.0. The summed E-state index contributed by atoms with van der Waals surface area (Å²) >= 11 is 0. The van der Waals surface area contributed by atoms with E-state index >= 15 is 0 Å². The molecule has 4 N–H and O–H groups in total. The number of benzene rings is 1. The Kier molecular flexibility index (Phi) is 8.48. The van der Waals surface area contributed by atoms with E-state index in [1.807, 2.05) is 0 Å². The lowest BCUT2D eigenvalue weighted by atomic mass is 9.98. The van der Waals surface area contributed by atoms with E-state index < -0.39 is 17.9 Å². The van der Waals surface area contributed by atoms with E-state index in [9.17, 15) is 27.6 Å².